The van der Waals surface area contributed by atoms with Crippen molar-refractivity contribution in [2.75, 3.05) is 6.79 Å². The van der Waals surface area contributed by atoms with E-state index in [1.54, 1.807) is 6.07 Å². The minimum atomic E-state index is -1.05. The highest BCUT2D eigenvalue weighted by atomic mass is 35.5. The van der Waals surface area contributed by atoms with Crippen LogP contribution in [0, 0.1) is 0 Å². The summed E-state index contributed by atoms with van der Waals surface area (Å²) in [5.74, 6) is -0.696. The first kappa shape index (κ1) is 9.30. The SMILES string of the molecule is O=C(O)c1cc(Cl)cc2c1OCOC2. The van der Waals surface area contributed by atoms with Crippen LogP contribution in [-0.4, -0.2) is 17.9 Å². The first-order valence-corrected chi connectivity index (χ1v) is 4.32. The second-order valence-electron chi connectivity index (χ2n) is 2.86. The normalized spacial score (nSPS) is 14.4. The molecule has 74 valence electrons. The first-order valence-electron chi connectivity index (χ1n) is 3.95. The van der Waals surface area contributed by atoms with E-state index in [1.165, 1.54) is 6.07 Å². The molecule has 0 spiro atoms. The third-order valence-corrected chi connectivity index (χ3v) is 2.12. The fraction of sp³-hybridized carbons (Fsp3) is 0.222. The molecule has 1 aromatic carbocycles. The van der Waals surface area contributed by atoms with Gasteiger partial charge >= 0.3 is 5.97 Å². The van der Waals surface area contributed by atoms with E-state index in [0.29, 0.717) is 22.9 Å². The largest absolute Gasteiger partial charge is 0.478 e. The molecule has 0 radical (unpaired) electrons. The van der Waals surface area contributed by atoms with Crippen LogP contribution in [0.2, 0.25) is 5.02 Å². The Morgan fingerprint density at radius 1 is 1.50 bits per heavy atom. The standard InChI is InChI=1S/C9H7ClO4/c10-6-1-5-3-13-4-14-8(5)7(2-6)9(11)12/h1-2H,3-4H2,(H,11,12). The van der Waals surface area contributed by atoms with E-state index < -0.39 is 5.97 Å². The van der Waals surface area contributed by atoms with Gasteiger partial charge in [-0.25, -0.2) is 4.79 Å². The number of carbonyl (C=O) groups is 1. The minimum absolute atomic E-state index is 0.0783. The highest BCUT2D eigenvalue weighted by Crippen LogP contribution is 2.31. The van der Waals surface area contributed by atoms with Gasteiger partial charge in [0.05, 0.1) is 6.61 Å². The average molecular weight is 215 g/mol. The van der Waals surface area contributed by atoms with Crippen molar-refractivity contribution in [3.63, 3.8) is 0 Å². The second-order valence-corrected chi connectivity index (χ2v) is 3.29. The molecule has 2 rings (SSSR count). The number of aromatic carboxylic acids is 1. The molecule has 0 aliphatic carbocycles. The number of benzene rings is 1. The number of hydrogen-bond donors (Lipinski definition) is 1. The lowest BCUT2D eigenvalue weighted by molar-refractivity contribution is -0.0171. The number of rotatable bonds is 1. The van der Waals surface area contributed by atoms with Crippen molar-refractivity contribution in [3.8, 4) is 5.75 Å². The molecular formula is C9H7ClO4. The lowest BCUT2D eigenvalue weighted by Gasteiger charge is -2.19. The van der Waals surface area contributed by atoms with Crippen molar-refractivity contribution in [3.05, 3.63) is 28.3 Å². The van der Waals surface area contributed by atoms with Crippen molar-refractivity contribution in [2.24, 2.45) is 0 Å². The molecule has 0 fully saturated rings. The summed E-state index contributed by atoms with van der Waals surface area (Å²) in [7, 11) is 0. The Balaban J connectivity index is 2.58. The Morgan fingerprint density at radius 3 is 3.00 bits per heavy atom. The minimum Gasteiger partial charge on any atom is -0.478 e. The first-order chi connectivity index (χ1) is 6.68. The van der Waals surface area contributed by atoms with Gasteiger partial charge in [-0.3, -0.25) is 0 Å². The van der Waals surface area contributed by atoms with E-state index >= 15 is 0 Å². The van der Waals surface area contributed by atoms with Gasteiger partial charge in [0, 0.05) is 10.6 Å². The lowest BCUT2D eigenvalue weighted by atomic mass is 10.1. The summed E-state index contributed by atoms with van der Waals surface area (Å²) in [5, 5.41) is 9.26. The van der Waals surface area contributed by atoms with Gasteiger partial charge in [-0.15, -0.1) is 0 Å². The number of carboxylic acids is 1. The molecule has 1 aromatic rings. The summed E-state index contributed by atoms with van der Waals surface area (Å²) in [4.78, 5) is 10.8. The Labute approximate surface area is 85.0 Å². The number of fused-ring (bicyclic) bond motifs is 1. The number of halogens is 1. The molecule has 0 bridgehead atoms. The van der Waals surface area contributed by atoms with Gasteiger partial charge in [-0.1, -0.05) is 11.6 Å². The van der Waals surface area contributed by atoms with Crippen LogP contribution in [0.4, 0.5) is 0 Å². The number of ether oxygens (including phenoxy) is 2. The summed E-state index contributed by atoms with van der Waals surface area (Å²) < 4.78 is 10.1. The van der Waals surface area contributed by atoms with Crippen LogP contribution in [-0.2, 0) is 11.3 Å². The van der Waals surface area contributed by atoms with Gasteiger partial charge in [0.1, 0.15) is 11.3 Å². The van der Waals surface area contributed by atoms with E-state index in [9.17, 15) is 4.79 Å². The molecular weight excluding hydrogens is 208 g/mol. The van der Waals surface area contributed by atoms with Crippen LogP contribution >= 0.6 is 11.6 Å². The van der Waals surface area contributed by atoms with Crippen molar-refractivity contribution in [1.82, 2.24) is 0 Å². The molecule has 0 atom stereocenters. The Bertz CT molecular complexity index is 389. The van der Waals surface area contributed by atoms with Crippen LogP contribution in [0.5, 0.6) is 5.75 Å². The van der Waals surface area contributed by atoms with Crippen LogP contribution in [0.15, 0.2) is 12.1 Å². The predicted molar refractivity (Wildman–Crippen MR) is 48.7 cm³/mol. The Hall–Kier alpha value is -1.26. The molecule has 14 heavy (non-hydrogen) atoms. The van der Waals surface area contributed by atoms with Crippen molar-refractivity contribution in [1.29, 1.82) is 0 Å². The van der Waals surface area contributed by atoms with Crippen LogP contribution < -0.4 is 4.74 Å². The monoisotopic (exact) mass is 214 g/mol. The number of hydrogen-bond acceptors (Lipinski definition) is 3. The number of carboxylic acid groups (broad SMARTS) is 1. The van der Waals surface area contributed by atoms with E-state index in [0.717, 1.165) is 0 Å². The molecule has 0 saturated heterocycles. The molecule has 0 aromatic heterocycles. The molecule has 1 aliphatic rings. The highest BCUT2D eigenvalue weighted by Gasteiger charge is 2.20. The maximum atomic E-state index is 10.8. The Kier molecular flexibility index (Phi) is 2.31. The van der Waals surface area contributed by atoms with Gasteiger partial charge in [-0.05, 0) is 12.1 Å². The Morgan fingerprint density at radius 2 is 2.29 bits per heavy atom. The smallest absolute Gasteiger partial charge is 0.339 e. The average Bonchev–Trinajstić information content (AvgIpc) is 2.16. The van der Waals surface area contributed by atoms with Gasteiger partial charge in [-0.2, -0.15) is 0 Å². The summed E-state index contributed by atoms with van der Waals surface area (Å²) in [5.41, 5.74) is 0.747. The van der Waals surface area contributed by atoms with E-state index in [4.69, 9.17) is 26.2 Å². The molecule has 5 heteroatoms. The maximum absolute atomic E-state index is 10.8. The van der Waals surface area contributed by atoms with Crippen molar-refractivity contribution >= 4 is 17.6 Å². The molecule has 0 unspecified atom stereocenters. The van der Waals surface area contributed by atoms with Gasteiger partial charge in [0.25, 0.3) is 0 Å². The van der Waals surface area contributed by atoms with Crippen LogP contribution in [0.3, 0.4) is 0 Å². The zero-order valence-electron chi connectivity index (χ0n) is 7.12. The summed E-state index contributed by atoms with van der Waals surface area (Å²) in [6.07, 6.45) is 0. The van der Waals surface area contributed by atoms with Crippen LogP contribution in [0.1, 0.15) is 15.9 Å². The van der Waals surface area contributed by atoms with E-state index in [-0.39, 0.29) is 12.4 Å². The van der Waals surface area contributed by atoms with Gasteiger partial charge in [0.15, 0.2) is 6.79 Å². The molecule has 4 nitrogen and oxygen atoms in total. The summed E-state index contributed by atoms with van der Waals surface area (Å²) in [6, 6.07) is 3.01. The molecule has 1 N–H and O–H groups in total. The van der Waals surface area contributed by atoms with E-state index in [1.807, 2.05) is 0 Å². The molecule has 1 aliphatic heterocycles. The maximum Gasteiger partial charge on any atom is 0.339 e. The van der Waals surface area contributed by atoms with Crippen LogP contribution in [0.25, 0.3) is 0 Å². The quantitative estimate of drug-likeness (QED) is 0.776. The fourth-order valence-electron chi connectivity index (χ4n) is 1.34. The summed E-state index contributed by atoms with van der Waals surface area (Å²) >= 11 is 5.75. The molecule has 0 saturated carbocycles. The third-order valence-electron chi connectivity index (χ3n) is 1.91. The lowest BCUT2D eigenvalue weighted by Crippen LogP contribution is -2.14. The second kappa shape index (κ2) is 3.48. The fourth-order valence-corrected chi connectivity index (χ4v) is 1.58. The molecule has 1 heterocycles. The predicted octanol–water partition coefficient (Wildman–Crippen LogP) is 1.90. The molecule has 0 amide bonds. The third kappa shape index (κ3) is 1.54. The zero-order valence-corrected chi connectivity index (χ0v) is 7.87. The van der Waals surface area contributed by atoms with Gasteiger partial charge < -0.3 is 14.6 Å². The highest BCUT2D eigenvalue weighted by molar-refractivity contribution is 6.31. The van der Waals surface area contributed by atoms with Gasteiger partial charge in [0.2, 0.25) is 0 Å². The zero-order chi connectivity index (χ0) is 10.1. The van der Waals surface area contributed by atoms with E-state index in [2.05, 4.69) is 0 Å². The summed E-state index contributed by atoms with van der Waals surface area (Å²) in [6.45, 7) is 0.408. The van der Waals surface area contributed by atoms with Crippen molar-refractivity contribution < 1.29 is 19.4 Å². The van der Waals surface area contributed by atoms with Crippen molar-refractivity contribution in [2.45, 2.75) is 6.61 Å². The topological polar surface area (TPSA) is 55.8 Å².